The Kier molecular flexibility index (Phi) is 2.44. The third kappa shape index (κ3) is 2.08. The Morgan fingerprint density at radius 2 is 1.67 bits per heavy atom. The average molecular weight is 148 g/mol. The van der Waals surface area contributed by atoms with E-state index in [4.69, 9.17) is 5.11 Å². The van der Waals surface area contributed by atoms with Gasteiger partial charge in [-0.15, -0.1) is 0 Å². The number of rotatable bonds is 1. The van der Waals surface area contributed by atoms with Crippen molar-refractivity contribution >= 4 is 8.32 Å². The van der Waals surface area contributed by atoms with Gasteiger partial charge in [0.25, 0.3) is 0 Å². The van der Waals surface area contributed by atoms with Crippen molar-refractivity contribution < 1.29 is 9.90 Å². The number of aliphatic hydroxyl groups excluding tert-OH is 1. The van der Waals surface area contributed by atoms with Crippen LogP contribution in [0.1, 0.15) is 20.8 Å². The Balaban J connectivity index is 4.14. The molecule has 0 fully saturated rings. The molecule has 0 aromatic heterocycles. The van der Waals surface area contributed by atoms with Crippen LogP contribution in [-0.4, -0.2) is 24.4 Å². The normalized spacial score (nSPS) is 19.3. The Morgan fingerprint density at radius 3 is 1.67 bits per heavy atom. The molecule has 0 aliphatic carbocycles. The molecule has 0 aliphatic rings. The van der Waals surface area contributed by atoms with Crippen LogP contribution in [-0.2, 0) is 0 Å². The number of aliphatic hydroxyl groups is 1. The van der Waals surface area contributed by atoms with Crippen molar-refractivity contribution in [3.8, 4) is 0 Å². The molecule has 0 aliphatic heterocycles. The van der Waals surface area contributed by atoms with Gasteiger partial charge >= 0.3 is 0 Å². The molecule has 0 unspecified atom stereocenters. The highest BCUT2D eigenvalue weighted by Gasteiger charge is 2.37. The summed E-state index contributed by atoms with van der Waals surface area (Å²) in [6.45, 7) is 7.63. The summed E-state index contributed by atoms with van der Waals surface area (Å²) in [5.74, 6) is 0. The quantitative estimate of drug-likeness (QED) is 0.542. The smallest absolute Gasteiger partial charge is 0.215 e. The molecule has 0 bridgehead atoms. The van der Waals surface area contributed by atoms with Gasteiger partial charge in [0.05, 0.1) is 6.23 Å². The molecule has 0 rings (SSSR count). The molecule has 0 amide bonds. The van der Waals surface area contributed by atoms with Crippen LogP contribution in [0.2, 0.25) is 11.6 Å². The highest BCUT2D eigenvalue weighted by atomic mass is 28.4. The van der Waals surface area contributed by atoms with E-state index < -0.39 is 8.32 Å². The summed E-state index contributed by atoms with van der Waals surface area (Å²) in [7, 11) is -2.32. The van der Waals surface area contributed by atoms with E-state index >= 15 is 0 Å². The second-order valence-electron chi connectivity index (χ2n) is 3.68. The second kappa shape index (κ2) is 2.40. The zero-order chi connectivity index (χ0) is 7.71. The third-order valence-corrected chi connectivity index (χ3v) is 5.77. The lowest BCUT2D eigenvalue weighted by Crippen LogP contribution is -2.45. The van der Waals surface area contributed by atoms with Crippen molar-refractivity contribution in [3.63, 3.8) is 0 Å². The minimum absolute atomic E-state index is 0.0451. The largest absolute Gasteiger partial charge is 0.429 e. The van der Waals surface area contributed by atoms with Crippen molar-refractivity contribution in [3.05, 3.63) is 0 Å². The van der Waals surface area contributed by atoms with E-state index in [-0.39, 0.29) is 11.3 Å². The van der Waals surface area contributed by atoms with E-state index in [1.54, 1.807) is 6.55 Å². The van der Waals surface area contributed by atoms with Gasteiger partial charge in [0, 0.05) is 0 Å². The SMILES string of the molecule is CC(C)(C)[Si@](C)(O)CO. The first kappa shape index (κ1) is 9.14. The first-order valence-electron chi connectivity index (χ1n) is 3.14. The fourth-order valence-corrected chi connectivity index (χ4v) is 0.712. The molecule has 9 heavy (non-hydrogen) atoms. The summed E-state index contributed by atoms with van der Waals surface area (Å²) in [6, 6.07) is 0. The van der Waals surface area contributed by atoms with Crippen LogP contribution in [0.15, 0.2) is 0 Å². The monoisotopic (exact) mass is 148 g/mol. The van der Waals surface area contributed by atoms with E-state index in [0.29, 0.717) is 0 Å². The van der Waals surface area contributed by atoms with Gasteiger partial charge in [0.15, 0.2) is 0 Å². The Morgan fingerprint density at radius 1 is 1.33 bits per heavy atom. The second-order valence-corrected chi connectivity index (χ2v) is 8.05. The highest BCUT2D eigenvalue weighted by molar-refractivity contribution is 6.73. The first-order valence-corrected chi connectivity index (χ1v) is 5.80. The maximum absolute atomic E-state index is 9.55. The molecule has 2 N–H and O–H groups in total. The maximum Gasteiger partial charge on any atom is 0.215 e. The van der Waals surface area contributed by atoms with Gasteiger partial charge in [-0.3, -0.25) is 0 Å². The van der Waals surface area contributed by atoms with Crippen LogP contribution in [0, 0.1) is 0 Å². The summed E-state index contributed by atoms with van der Waals surface area (Å²) in [5, 5.41) is 8.63. The summed E-state index contributed by atoms with van der Waals surface area (Å²) in [6.07, 6.45) is -0.0451. The van der Waals surface area contributed by atoms with E-state index in [1.807, 2.05) is 20.8 Å². The minimum Gasteiger partial charge on any atom is -0.429 e. The van der Waals surface area contributed by atoms with Crippen molar-refractivity contribution in [2.24, 2.45) is 0 Å². The van der Waals surface area contributed by atoms with E-state index in [2.05, 4.69) is 0 Å². The Labute approximate surface area is 57.7 Å². The highest BCUT2D eigenvalue weighted by Crippen LogP contribution is 2.32. The molecule has 0 saturated carbocycles. The van der Waals surface area contributed by atoms with Gasteiger partial charge in [-0.05, 0) is 11.6 Å². The topological polar surface area (TPSA) is 40.5 Å². The molecule has 1 atom stereocenters. The Bertz CT molecular complexity index is 93.7. The van der Waals surface area contributed by atoms with Crippen molar-refractivity contribution in [1.29, 1.82) is 0 Å². The van der Waals surface area contributed by atoms with Crippen LogP contribution < -0.4 is 0 Å². The van der Waals surface area contributed by atoms with Crippen molar-refractivity contribution in [1.82, 2.24) is 0 Å². The van der Waals surface area contributed by atoms with Gasteiger partial charge in [-0.1, -0.05) is 20.8 Å². The molecule has 56 valence electrons. The molecular formula is C6H16O2Si. The molecule has 0 heterocycles. The number of hydrogen-bond acceptors (Lipinski definition) is 2. The minimum atomic E-state index is -2.32. The van der Waals surface area contributed by atoms with Gasteiger partial charge in [-0.25, -0.2) is 0 Å². The van der Waals surface area contributed by atoms with Crippen LogP contribution in [0.25, 0.3) is 0 Å². The van der Waals surface area contributed by atoms with E-state index in [0.717, 1.165) is 0 Å². The molecule has 0 aromatic rings. The van der Waals surface area contributed by atoms with Crippen molar-refractivity contribution in [2.45, 2.75) is 32.4 Å². The first-order chi connectivity index (χ1) is 3.81. The fourth-order valence-electron chi connectivity index (χ4n) is 0.237. The van der Waals surface area contributed by atoms with Crippen LogP contribution in [0.5, 0.6) is 0 Å². The van der Waals surface area contributed by atoms with Gasteiger partial charge in [-0.2, -0.15) is 0 Å². The van der Waals surface area contributed by atoms with Crippen LogP contribution in [0.3, 0.4) is 0 Å². The van der Waals surface area contributed by atoms with Gasteiger partial charge in [0.2, 0.25) is 8.32 Å². The average Bonchev–Trinajstić information content (AvgIpc) is 1.64. The summed E-state index contributed by atoms with van der Waals surface area (Å²) < 4.78 is 0. The molecule has 2 nitrogen and oxygen atoms in total. The third-order valence-electron chi connectivity index (χ3n) is 1.92. The summed E-state index contributed by atoms with van der Waals surface area (Å²) in [4.78, 5) is 9.55. The van der Waals surface area contributed by atoms with Crippen LogP contribution >= 0.6 is 0 Å². The van der Waals surface area contributed by atoms with Gasteiger partial charge < -0.3 is 9.90 Å². The van der Waals surface area contributed by atoms with Crippen LogP contribution in [0.4, 0.5) is 0 Å². The zero-order valence-electron chi connectivity index (χ0n) is 6.60. The lowest BCUT2D eigenvalue weighted by Gasteiger charge is -2.32. The molecule has 0 radical (unpaired) electrons. The molecule has 0 spiro atoms. The van der Waals surface area contributed by atoms with Crippen molar-refractivity contribution in [2.75, 3.05) is 6.23 Å². The molecular weight excluding hydrogens is 132 g/mol. The maximum atomic E-state index is 9.55. The zero-order valence-corrected chi connectivity index (χ0v) is 7.60. The number of hydrogen-bond donors (Lipinski definition) is 2. The Hall–Kier alpha value is 0.137. The standard InChI is InChI=1S/C6H16O2Si/c1-6(2,3)9(4,8)5-7/h7-8H,5H2,1-4H3/t9-/m1/s1. The summed E-state index contributed by atoms with van der Waals surface area (Å²) in [5.41, 5.74) is 0. The predicted molar refractivity (Wildman–Crippen MR) is 40.6 cm³/mol. The molecule has 3 heteroatoms. The lowest BCUT2D eigenvalue weighted by atomic mass is 10.2. The van der Waals surface area contributed by atoms with E-state index in [1.165, 1.54) is 0 Å². The fraction of sp³-hybridized carbons (Fsp3) is 1.00. The predicted octanol–water partition coefficient (Wildman–Crippen LogP) is 0.886. The lowest BCUT2D eigenvalue weighted by molar-refractivity contribution is 0.313. The molecule has 0 saturated heterocycles. The van der Waals surface area contributed by atoms with E-state index in [9.17, 15) is 4.80 Å². The van der Waals surface area contributed by atoms with Gasteiger partial charge in [0.1, 0.15) is 0 Å². The summed E-state index contributed by atoms with van der Waals surface area (Å²) >= 11 is 0. The molecule has 0 aromatic carbocycles.